The summed E-state index contributed by atoms with van der Waals surface area (Å²) in [6, 6.07) is 20.1. The van der Waals surface area contributed by atoms with Crippen LogP contribution in [0.15, 0.2) is 78.4 Å². The van der Waals surface area contributed by atoms with Gasteiger partial charge >= 0.3 is 324 Å². The third-order valence-corrected chi connectivity index (χ3v) is 32.8. The van der Waals surface area contributed by atoms with Crippen LogP contribution in [0.25, 0.3) is 22.3 Å². The zero-order chi connectivity index (χ0) is 37.2. The molecule has 4 bridgehead atoms. The average Bonchev–Trinajstić information content (AvgIpc) is 3.70. The quantitative estimate of drug-likeness (QED) is 0.188. The molecular weight excluding hydrogens is 787 g/mol. The summed E-state index contributed by atoms with van der Waals surface area (Å²) in [5, 5.41) is 0. The second kappa shape index (κ2) is 12.5. The standard InChI is InChI=1S/C25H25.C18H25.C7H7.CH3.CH2.2ClH.Zr/c1-14-12-24(3,4)22-8-16-7-17-9-23-19(15(2)13-25(23,5)6)11-21(17)20(16)10-18(14)22;1-12-3-13(2)17(4-12)11-18-8-14-5-15(9-18)7-16(6-14)10-18;1-7-5-3-2-4-6-7;;;;;/h8-12H,7H2,1-6H3;4,12,14-16H,5-11H2,1-2H3;3-6H,1H3;1H3;1H2;2*1H;. The first-order valence-corrected chi connectivity index (χ1v) is 29.1. The molecule has 290 valence electrons. The van der Waals surface area contributed by atoms with Gasteiger partial charge in [-0.15, -0.1) is 24.8 Å². The minimum atomic E-state index is -4.50. The second-order valence-corrected chi connectivity index (χ2v) is 35.3. The molecule has 3 heteroatoms. The van der Waals surface area contributed by atoms with Gasteiger partial charge in [0.25, 0.3) is 0 Å². The summed E-state index contributed by atoms with van der Waals surface area (Å²) < 4.78 is 13.5. The van der Waals surface area contributed by atoms with E-state index in [1.54, 1.807) is 17.7 Å². The van der Waals surface area contributed by atoms with E-state index in [1.807, 2.05) is 0 Å². The number of halogens is 2. The van der Waals surface area contributed by atoms with Gasteiger partial charge in [0.1, 0.15) is 0 Å². The molecule has 1 unspecified atom stereocenters. The Morgan fingerprint density at radius 3 is 1.84 bits per heavy atom. The third-order valence-electron chi connectivity index (χ3n) is 16.7. The third kappa shape index (κ3) is 5.40. The van der Waals surface area contributed by atoms with Crippen molar-refractivity contribution >= 4 is 43.4 Å². The predicted molar refractivity (Wildman–Crippen MR) is 240 cm³/mol. The molecule has 0 radical (unpaired) electrons. The molecule has 0 saturated heterocycles. The number of rotatable bonds is 5. The molecule has 0 aliphatic heterocycles. The van der Waals surface area contributed by atoms with Gasteiger partial charge in [-0.05, 0) is 0 Å². The monoisotopic (exact) mass is 848 g/mol. The second-order valence-electron chi connectivity index (χ2n) is 21.4. The Balaban J connectivity index is 0.00000214. The van der Waals surface area contributed by atoms with Crippen molar-refractivity contribution in [2.45, 2.75) is 129 Å². The molecule has 0 amide bonds. The molecule has 3 aromatic carbocycles. The Morgan fingerprint density at radius 2 is 1.25 bits per heavy atom. The number of fused-ring (bicyclic) bond motifs is 5. The van der Waals surface area contributed by atoms with Crippen molar-refractivity contribution in [2.24, 2.45) is 29.1 Å². The van der Waals surface area contributed by atoms with Gasteiger partial charge < -0.3 is 0 Å². The summed E-state index contributed by atoms with van der Waals surface area (Å²) in [5.41, 5.74) is 20.0. The first-order valence-electron chi connectivity index (χ1n) is 21.2. The van der Waals surface area contributed by atoms with Gasteiger partial charge in [0.2, 0.25) is 0 Å². The molecule has 8 aliphatic rings. The molecule has 0 aromatic heterocycles. The number of allylic oxidation sites excluding steroid dienone is 8. The molecule has 0 N–H and O–H groups in total. The maximum atomic E-state index is 5.79. The number of hydrogen-bond donors (Lipinski definition) is 0. The van der Waals surface area contributed by atoms with Gasteiger partial charge in [0.05, 0.1) is 0 Å². The number of hydrogen-bond acceptors (Lipinski definition) is 0. The van der Waals surface area contributed by atoms with E-state index in [0.29, 0.717) is 11.3 Å². The van der Waals surface area contributed by atoms with E-state index in [-0.39, 0.29) is 35.6 Å². The summed E-state index contributed by atoms with van der Waals surface area (Å²) >= 11 is -4.50. The molecular formula is C52H64Cl2Zr. The molecule has 8 aliphatic carbocycles. The van der Waals surface area contributed by atoms with Crippen LogP contribution in [-0.2, 0) is 35.5 Å². The Hall–Kier alpha value is -2.05. The molecule has 0 nitrogen and oxygen atoms in total. The Bertz CT molecular complexity index is 2350. The van der Waals surface area contributed by atoms with Gasteiger partial charge in [0, 0.05) is 0 Å². The van der Waals surface area contributed by atoms with Crippen molar-refractivity contribution in [3.8, 4) is 11.1 Å². The fourth-order valence-corrected chi connectivity index (χ4v) is 33.7. The molecule has 1 atom stereocenters. The molecule has 11 rings (SSSR count). The van der Waals surface area contributed by atoms with Crippen LogP contribution in [0.3, 0.4) is 0 Å². The first-order chi connectivity index (χ1) is 24.9. The number of benzene rings is 3. The van der Waals surface area contributed by atoms with Crippen LogP contribution in [-0.4, -0.2) is 4.21 Å². The van der Waals surface area contributed by atoms with E-state index >= 15 is 0 Å². The van der Waals surface area contributed by atoms with Crippen LogP contribution in [0, 0.1) is 36.0 Å². The molecule has 55 heavy (non-hydrogen) atoms. The average molecular weight is 851 g/mol. The van der Waals surface area contributed by atoms with Gasteiger partial charge in [-0.3, -0.25) is 0 Å². The van der Waals surface area contributed by atoms with Crippen LogP contribution in [0.2, 0.25) is 4.63 Å². The SMILES string of the molecule is Cl.Cl.[CH2]=[Zr]([CH3])([C]1=C(C)C(CC23CC4CC(CC(C4)C2)C3)=CC1C)([C]1=C(C)c2cc3c(cc2C1(C)C)Cc1cc2c(cc1-3)C(C)=CC2(C)C)[c]1ccc(C)cc1. The van der Waals surface area contributed by atoms with Gasteiger partial charge in [0.15, 0.2) is 0 Å². The topological polar surface area (TPSA) is 0 Å². The van der Waals surface area contributed by atoms with E-state index in [2.05, 4.69) is 128 Å². The summed E-state index contributed by atoms with van der Waals surface area (Å²) in [7, 11) is 0. The molecule has 4 saturated carbocycles. The Labute approximate surface area is 345 Å². The zero-order valence-corrected chi connectivity index (χ0v) is 39.4. The van der Waals surface area contributed by atoms with Crippen LogP contribution >= 0.6 is 24.8 Å². The fourth-order valence-electron chi connectivity index (χ4n) is 15.5. The normalized spacial score (nSPS) is 29.0. The van der Waals surface area contributed by atoms with Crippen molar-refractivity contribution in [1.29, 1.82) is 0 Å². The van der Waals surface area contributed by atoms with Crippen LogP contribution < -0.4 is 3.27 Å². The van der Waals surface area contributed by atoms with E-state index < -0.39 is 18.3 Å². The zero-order valence-electron chi connectivity index (χ0n) is 35.3. The fraction of sp³-hybridized carbons (Fsp3) is 0.481. The number of aryl methyl sites for hydroxylation is 1. The van der Waals surface area contributed by atoms with E-state index in [1.165, 1.54) is 109 Å². The summed E-state index contributed by atoms with van der Waals surface area (Å²) in [4.78, 5) is 0. The van der Waals surface area contributed by atoms with Crippen LogP contribution in [0.1, 0.15) is 139 Å². The maximum absolute atomic E-state index is 5.79. The summed E-state index contributed by atoms with van der Waals surface area (Å²) in [5.74, 6) is 3.40. The van der Waals surface area contributed by atoms with Gasteiger partial charge in [-0.1, -0.05) is 0 Å². The Kier molecular flexibility index (Phi) is 9.02. The van der Waals surface area contributed by atoms with Crippen LogP contribution in [0.5, 0.6) is 0 Å². The Morgan fingerprint density at radius 1 is 0.709 bits per heavy atom. The molecule has 0 heterocycles. The minimum absolute atomic E-state index is 0. The molecule has 3 aromatic rings. The van der Waals surface area contributed by atoms with E-state index in [0.717, 1.165) is 24.2 Å². The van der Waals surface area contributed by atoms with Crippen molar-refractivity contribution < 1.29 is 18.3 Å². The summed E-state index contributed by atoms with van der Waals surface area (Å²) in [6.07, 6.45) is 16.6. The molecule has 0 spiro atoms. The van der Waals surface area contributed by atoms with Crippen molar-refractivity contribution in [3.63, 3.8) is 0 Å². The van der Waals surface area contributed by atoms with E-state index in [9.17, 15) is 0 Å². The predicted octanol–water partition coefficient (Wildman–Crippen LogP) is 14.1. The molecule has 4 fully saturated rings. The van der Waals surface area contributed by atoms with Crippen molar-refractivity contribution in [3.05, 3.63) is 117 Å². The van der Waals surface area contributed by atoms with Gasteiger partial charge in [-0.25, -0.2) is 0 Å². The first kappa shape index (κ1) is 39.8. The van der Waals surface area contributed by atoms with Crippen molar-refractivity contribution in [1.82, 2.24) is 0 Å². The van der Waals surface area contributed by atoms with E-state index in [4.69, 9.17) is 4.21 Å². The van der Waals surface area contributed by atoms with Crippen LogP contribution in [0.4, 0.5) is 0 Å². The van der Waals surface area contributed by atoms with Crippen molar-refractivity contribution in [2.75, 3.05) is 0 Å². The van der Waals surface area contributed by atoms with Gasteiger partial charge in [-0.2, -0.15) is 0 Å². The summed E-state index contributed by atoms with van der Waals surface area (Å²) in [6.45, 7) is 22.0.